The van der Waals surface area contributed by atoms with E-state index in [1.807, 2.05) is 0 Å². The molecule has 6 nitrogen and oxygen atoms in total. The number of hydrogen-bond donors (Lipinski definition) is 0. The third-order valence-corrected chi connectivity index (χ3v) is 7.56. The van der Waals surface area contributed by atoms with Crippen molar-refractivity contribution in [3.05, 3.63) is 119 Å². The predicted octanol–water partition coefficient (Wildman–Crippen LogP) is 8.00. The number of ether oxygens (including phenoxy) is 2. The number of alkyl halides is 6. The van der Waals surface area contributed by atoms with E-state index < -0.39 is 150 Å². The maximum absolute atomic E-state index is 14.9. The third kappa shape index (κ3) is 5.88. The first-order chi connectivity index (χ1) is 24.2. The highest BCUT2D eigenvalue weighted by molar-refractivity contribution is 5.89. The Bertz CT molecular complexity index is 2290. The molecule has 0 amide bonds. The SMILES string of the molecule is [C-]#[N+]/C(=C1\C=c2c(c(OC(F)(F)F)c3c(c2OC(F)(F)F)C/C(=C(/C#N)c2c(F)c(F)c(C#N)c(F)c2F)C=3)C1)c1c(F)c(F)c([N+]#[C-])c(F)c1F. The van der Waals surface area contributed by atoms with Gasteiger partial charge < -0.3 is 9.47 Å². The van der Waals surface area contributed by atoms with Crippen LogP contribution in [-0.2, 0) is 12.8 Å². The smallest absolute Gasteiger partial charge is 0.405 e. The van der Waals surface area contributed by atoms with Gasteiger partial charge in [0.05, 0.1) is 29.8 Å². The van der Waals surface area contributed by atoms with Crippen molar-refractivity contribution in [2.75, 3.05) is 0 Å². The van der Waals surface area contributed by atoms with Gasteiger partial charge in [-0.2, -0.15) is 10.5 Å². The molecular weight excluding hydrogens is 738 g/mol. The summed E-state index contributed by atoms with van der Waals surface area (Å²) in [6.07, 6.45) is -12.9. The van der Waals surface area contributed by atoms with Crippen molar-refractivity contribution < 1.29 is 70.9 Å². The van der Waals surface area contributed by atoms with Gasteiger partial charge in [-0.05, 0) is 23.6 Å². The minimum Gasteiger partial charge on any atom is -0.405 e. The lowest BCUT2D eigenvalue weighted by Crippen LogP contribution is -2.30. The van der Waals surface area contributed by atoms with Gasteiger partial charge in [0.1, 0.15) is 40.8 Å². The van der Waals surface area contributed by atoms with Crippen LogP contribution in [0, 0.1) is 82.3 Å². The number of benzene rings is 3. The summed E-state index contributed by atoms with van der Waals surface area (Å²) in [7, 11) is 0. The molecule has 3 aromatic carbocycles. The molecule has 2 aliphatic rings. The van der Waals surface area contributed by atoms with Gasteiger partial charge in [-0.15, -0.1) is 26.3 Å². The van der Waals surface area contributed by atoms with Crippen LogP contribution in [0.4, 0.5) is 67.2 Å². The number of rotatable bonds is 4. The summed E-state index contributed by atoms with van der Waals surface area (Å²) in [6.45, 7) is 14.1. The molecular formula is C32H6F14N4O2. The quantitative estimate of drug-likeness (QED) is 0.118. The van der Waals surface area contributed by atoms with E-state index in [1.54, 1.807) is 0 Å². The highest BCUT2D eigenvalue weighted by Crippen LogP contribution is 2.41. The average molecular weight is 744 g/mol. The van der Waals surface area contributed by atoms with Crippen molar-refractivity contribution in [1.29, 1.82) is 10.5 Å². The number of nitrogens with zero attached hydrogens (tertiary/aromatic N) is 4. The van der Waals surface area contributed by atoms with Crippen molar-refractivity contribution in [1.82, 2.24) is 0 Å². The van der Waals surface area contributed by atoms with Crippen molar-refractivity contribution in [2.24, 2.45) is 0 Å². The first-order valence-electron chi connectivity index (χ1n) is 13.4. The highest BCUT2D eigenvalue weighted by Gasteiger charge is 2.41. The molecule has 20 heteroatoms. The van der Waals surface area contributed by atoms with Gasteiger partial charge in [0.2, 0.25) is 5.70 Å². The Kier molecular flexibility index (Phi) is 8.94. The molecule has 0 bridgehead atoms. The van der Waals surface area contributed by atoms with Crippen LogP contribution < -0.4 is 19.9 Å². The summed E-state index contributed by atoms with van der Waals surface area (Å²) in [5, 5.41) is 16.5. The summed E-state index contributed by atoms with van der Waals surface area (Å²) in [4.78, 5) is 5.07. The van der Waals surface area contributed by atoms with E-state index in [2.05, 4.69) is 19.2 Å². The zero-order valence-electron chi connectivity index (χ0n) is 24.5. The monoisotopic (exact) mass is 744 g/mol. The summed E-state index contributed by atoms with van der Waals surface area (Å²) >= 11 is 0. The molecule has 0 N–H and O–H groups in total. The molecule has 2 aliphatic carbocycles. The van der Waals surface area contributed by atoms with Crippen molar-refractivity contribution >= 4 is 29.1 Å². The predicted molar refractivity (Wildman–Crippen MR) is 145 cm³/mol. The minimum atomic E-state index is -5.70. The van der Waals surface area contributed by atoms with Gasteiger partial charge in [0, 0.05) is 28.0 Å². The Morgan fingerprint density at radius 1 is 0.635 bits per heavy atom. The van der Waals surface area contributed by atoms with Crippen LogP contribution in [0.5, 0.6) is 11.5 Å². The molecule has 264 valence electrons. The molecule has 5 rings (SSSR count). The normalized spacial score (nSPS) is 15.3. The number of hydrogen-bond acceptors (Lipinski definition) is 4. The maximum Gasteiger partial charge on any atom is 0.573 e. The summed E-state index contributed by atoms with van der Waals surface area (Å²) in [6, 6.07) is 2.00. The van der Waals surface area contributed by atoms with E-state index in [0.717, 1.165) is 12.1 Å². The zero-order valence-corrected chi connectivity index (χ0v) is 24.5. The van der Waals surface area contributed by atoms with Gasteiger partial charge in [0.25, 0.3) is 5.69 Å². The van der Waals surface area contributed by atoms with Gasteiger partial charge in [0.15, 0.2) is 34.9 Å². The standard InChI is InChI=1S/C32H6F14N4O2/c1-49-27(18-23(37)25(39)28(50-2)26(40)24(18)38)10-5-13-14(6-10)30(52-32(44,45)46)12-4-9(3-11(12)29(13)51-31(41,42)43)15(7-47)17-21(35)19(33)16(8-48)20(34)22(17)36/h3,6H,4-5H2/b15-9-,27-10-. The highest BCUT2D eigenvalue weighted by atomic mass is 19.4. The summed E-state index contributed by atoms with van der Waals surface area (Å²) in [5.74, 6) is -21.2. The van der Waals surface area contributed by atoms with Gasteiger partial charge >= 0.3 is 12.7 Å². The average Bonchev–Trinajstić information content (AvgIpc) is 3.70. The molecule has 0 aliphatic heterocycles. The molecule has 0 saturated carbocycles. The largest absolute Gasteiger partial charge is 0.573 e. The molecule has 0 saturated heterocycles. The molecule has 0 unspecified atom stereocenters. The lowest BCUT2D eigenvalue weighted by molar-refractivity contribution is -0.277. The van der Waals surface area contributed by atoms with Crippen LogP contribution in [0.15, 0.2) is 11.1 Å². The van der Waals surface area contributed by atoms with Crippen LogP contribution in [0.1, 0.15) is 27.8 Å². The number of fused-ring (bicyclic) bond motifs is 2. The Balaban J connectivity index is 1.89. The fourth-order valence-electron chi connectivity index (χ4n) is 5.56. The Hall–Kier alpha value is -6.54. The van der Waals surface area contributed by atoms with E-state index in [1.165, 1.54) is 0 Å². The Labute approximate surface area is 278 Å². The Morgan fingerprint density at radius 2 is 1.06 bits per heavy atom. The molecule has 0 atom stereocenters. The van der Waals surface area contributed by atoms with Gasteiger partial charge in [-0.1, -0.05) is 6.08 Å². The van der Waals surface area contributed by atoms with Crippen LogP contribution in [-0.4, -0.2) is 12.7 Å². The Morgan fingerprint density at radius 3 is 1.44 bits per heavy atom. The second kappa shape index (κ2) is 12.7. The van der Waals surface area contributed by atoms with Gasteiger partial charge in [-0.25, -0.2) is 44.8 Å². The van der Waals surface area contributed by atoms with Crippen LogP contribution >= 0.6 is 0 Å². The fraction of sp³-hybridized carbons (Fsp3) is 0.125. The topological polar surface area (TPSA) is 74.8 Å². The second-order valence-electron chi connectivity index (χ2n) is 10.4. The number of nitriles is 2. The number of allylic oxidation sites excluding steroid dienone is 3. The molecule has 0 fully saturated rings. The zero-order chi connectivity index (χ0) is 38.8. The minimum absolute atomic E-state index is 0.427. The molecule has 3 aromatic rings. The van der Waals surface area contributed by atoms with E-state index in [-0.39, 0.29) is 0 Å². The molecule has 52 heavy (non-hydrogen) atoms. The van der Waals surface area contributed by atoms with Crippen molar-refractivity contribution in [2.45, 2.75) is 25.6 Å². The lowest BCUT2D eigenvalue weighted by Gasteiger charge is -2.18. The first-order valence-corrected chi connectivity index (χ1v) is 13.4. The van der Waals surface area contributed by atoms with Crippen LogP contribution in [0.2, 0.25) is 0 Å². The second-order valence-corrected chi connectivity index (χ2v) is 10.4. The van der Waals surface area contributed by atoms with Gasteiger partial charge in [-0.3, -0.25) is 0 Å². The van der Waals surface area contributed by atoms with E-state index in [9.17, 15) is 66.7 Å². The summed E-state index contributed by atoms with van der Waals surface area (Å²) in [5.41, 5.74) is -13.5. The molecule has 0 spiro atoms. The maximum atomic E-state index is 14.9. The molecule has 0 radical (unpaired) electrons. The van der Waals surface area contributed by atoms with Crippen molar-refractivity contribution in [3.8, 4) is 23.6 Å². The lowest BCUT2D eigenvalue weighted by atomic mass is 9.96. The van der Waals surface area contributed by atoms with E-state index in [4.69, 9.17) is 18.4 Å². The number of halogens is 14. The third-order valence-electron chi connectivity index (χ3n) is 7.56. The first kappa shape index (κ1) is 36.7. The van der Waals surface area contributed by atoms with Crippen LogP contribution in [0.3, 0.4) is 0 Å². The molecule has 0 heterocycles. The van der Waals surface area contributed by atoms with Crippen molar-refractivity contribution in [3.63, 3.8) is 0 Å². The van der Waals surface area contributed by atoms with Crippen LogP contribution in [0.25, 0.3) is 33.1 Å². The molecule has 0 aromatic heterocycles. The summed E-state index contributed by atoms with van der Waals surface area (Å²) < 4.78 is 208. The van der Waals surface area contributed by atoms with E-state index >= 15 is 0 Å². The van der Waals surface area contributed by atoms with E-state index in [0.29, 0.717) is 12.2 Å². The fourth-order valence-corrected chi connectivity index (χ4v) is 5.56.